The van der Waals surface area contributed by atoms with Crippen LogP contribution in [0.1, 0.15) is 27.7 Å². The summed E-state index contributed by atoms with van der Waals surface area (Å²) in [5.41, 5.74) is -0.538. The third kappa shape index (κ3) is 6.64. The summed E-state index contributed by atoms with van der Waals surface area (Å²) >= 11 is 0. The van der Waals surface area contributed by atoms with Gasteiger partial charge in [0.05, 0.1) is 0 Å². The van der Waals surface area contributed by atoms with Crippen LogP contribution in [-0.4, -0.2) is 72.7 Å². The van der Waals surface area contributed by atoms with Gasteiger partial charge in [-0.1, -0.05) is 0 Å². The molecule has 0 unspecified atom stereocenters. The average Bonchev–Trinajstić information content (AvgIpc) is 2.41. The van der Waals surface area contributed by atoms with Crippen molar-refractivity contribution in [3.05, 3.63) is 0 Å². The summed E-state index contributed by atoms with van der Waals surface area (Å²) < 4.78 is 5.08. The Morgan fingerprint density at radius 1 is 0.955 bits per heavy atom. The van der Waals surface area contributed by atoms with Crippen molar-refractivity contribution >= 4 is 18.0 Å². The molecule has 1 aliphatic rings. The van der Waals surface area contributed by atoms with Gasteiger partial charge in [0.2, 0.25) is 5.91 Å². The van der Waals surface area contributed by atoms with E-state index in [2.05, 4.69) is 10.6 Å². The monoisotopic (exact) mass is 314 g/mol. The van der Waals surface area contributed by atoms with Gasteiger partial charge in [-0.25, -0.2) is 9.59 Å². The zero-order valence-corrected chi connectivity index (χ0v) is 13.8. The fraction of sp³-hybridized carbons (Fsp3) is 0.786. The highest BCUT2D eigenvalue weighted by molar-refractivity contribution is 5.76. The number of alkyl carbamates (subject to hydrolysis) is 1. The lowest BCUT2D eigenvalue weighted by atomic mass is 10.2. The number of hydrogen-bond donors (Lipinski definition) is 2. The average molecular weight is 314 g/mol. The molecule has 0 atom stereocenters. The van der Waals surface area contributed by atoms with Crippen LogP contribution in [0.3, 0.4) is 0 Å². The zero-order valence-electron chi connectivity index (χ0n) is 13.8. The number of carbonyl (C=O) groups excluding carboxylic acids is 3. The Morgan fingerprint density at radius 3 is 1.95 bits per heavy atom. The molecule has 8 heteroatoms. The Bertz CT molecular complexity index is 412. The molecule has 8 nitrogen and oxygen atoms in total. The molecule has 1 saturated heterocycles. The van der Waals surface area contributed by atoms with Crippen LogP contribution in [0.25, 0.3) is 0 Å². The maximum absolute atomic E-state index is 11.9. The number of rotatable bonds is 3. The molecular weight excluding hydrogens is 288 g/mol. The van der Waals surface area contributed by atoms with Crippen molar-refractivity contribution in [2.45, 2.75) is 33.3 Å². The number of ether oxygens (including phenoxy) is 1. The summed E-state index contributed by atoms with van der Waals surface area (Å²) in [5.74, 6) is 0.0293. The molecule has 0 aromatic carbocycles. The van der Waals surface area contributed by atoms with Crippen LogP contribution in [0.5, 0.6) is 0 Å². The molecule has 1 rings (SSSR count). The first-order valence-electron chi connectivity index (χ1n) is 7.44. The summed E-state index contributed by atoms with van der Waals surface area (Å²) in [6.07, 6.45) is -0.503. The maximum Gasteiger partial charge on any atom is 0.407 e. The minimum atomic E-state index is -0.538. The van der Waals surface area contributed by atoms with Gasteiger partial charge in [0.1, 0.15) is 5.60 Å². The van der Waals surface area contributed by atoms with E-state index in [1.807, 2.05) is 0 Å². The van der Waals surface area contributed by atoms with Gasteiger partial charge in [0, 0.05) is 46.2 Å². The van der Waals surface area contributed by atoms with Crippen molar-refractivity contribution in [3.8, 4) is 0 Å². The largest absolute Gasteiger partial charge is 0.444 e. The number of piperazine rings is 1. The van der Waals surface area contributed by atoms with E-state index in [1.165, 1.54) is 6.92 Å². The highest BCUT2D eigenvalue weighted by Crippen LogP contribution is 2.06. The molecule has 2 N–H and O–H groups in total. The first-order valence-corrected chi connectivity index (χ1v) is 7.44. The molecule has 4 amide bonds. The summed E-state index contributed by atoms with van der Waals surface area (Å²) in [6, 6.07) is -0.186. The van der Waals surface area contributed by atoms with Crippen molar-refractivity contribution in [2.24, 2.45) is 0 Å². The van der Waals surface area contributed by atoms with E-state index in [0.29, 0.717) is 39.3 Å². The number of hydrogen-bond acceptors (Lipinski definition) is 4. The normalized spacial score (nSPS) is 15.3. The van der Waals surface area contributed by atoms with Crippen LogP contribution in [0.2, 0.25) is 0 Å². The molecule has 0 aromatic rings. The van der Waals surface area contributed by atoms with Crippen molar-refractivity contribution in [1.29, 1.82) is 0 Å². The Balaban J connectivity index is 2.17. The van der Waals surface area contributed by atoms with E-state index >= 15 is 0 Å². The fourth-order valence-corrected chi connectivity index (χ4v) is 1.98. The first kappa shape index (κ1) is 18.1. The molecule has 0 saturated carbocycles. The highest BCUT2D eigenvalue weighted by Gasteiger charge is 2.22. The number of nitrogens with one attached hydrogen (secondary N) is 2. The van der Waals surface area contributed by atoms with Crippen LogP contribution < -0.4 is 10.6 Å². The molecule has 0 spiro atoms. The van der Waals surface area contributed by atoms with Gasteiger partial charge in [-0.05, 0) is 20.8 Å². The lowest BCUT2D eigenvalue weighted by Gasteiger charge is -2.34. The van der Waals surface area contributed by atoms with Gasteiger partial charge >= 0.3 is 12.1 Å². The number of amides is 4. The molecule has 0 radical (unpaired) electrons. The predicted octanol–water partition coefficient (Wildman–Crippen LogP) is 0.385. The van der Waals surface area contributed by atoms with Crippen LogP contribution in [0, 0.1) is 0 Å². The summed E-state index contributed by atoms with van der Waals surface area (Å²) in [6.45, 7) is 9.66. The second kappa shape index (κ2) is 7.86. The Hall–Kier alpha value is -1.99. The molecule has 126 valence electrons. The van der Waals surface area contributed by atoms with Gasteiger partial charge in [0.15, 0.2) is 0 Å². The predicted molar refractivity (Wildman–Crippen MR) is 81.5 cm³/mol. The molecule has 0 aromatic heterocycles. The molecule has 1 heterocycles. The van der Waals surface area contributed by atoms with E-state index in [1.54, 1.807) is 30.6 Å². The Morgan fingerprint density at radius 2 is 1.45 bits per heavy atom. The summed E-state index contributed by atoms with van der Waals surface area (Å²) in [7, 11) is 0. The van der Waals surface area contributed by atoms with Gasteiger partial charge < -0.3 is 25.2 Å². The summed E-state index contributed by atoms with van der Waals surface area (Å²) in [4.78, 5) is 37.9. The molecular formula is C14H26N4O4. The van der Waals surface area contributed by atoms with Crippen molar-refractivity contribution in [3.63, 3.8) is 0 Å². The highest BCUT2D eigenvalue weighted by atomic mass is 16.6. The van der Waals surface area contributed by atoms with E-state index in [-0.39, 0.29) is 11.9 Å². The topological polar surface area (TPSA) is 91.0 Å². The maximum atomic E-state index is 11.9. The lowest BCUT2D eigenvalue weighted by Crippen LogP contribution is -2.53. The standard InChI is InChI=1S/C14H26N4O4/c1-11(19)17-7-9-18(10-8-17)12(20)15-5-6-16-13(21)22-14(2,3)4/h5-10H2,1-4H3,(H,15,20)(H,16,21). The van der Waals surface area contributed by atoms with E-state index in [9.17, 15) is 14.4 Å². The van der Waals surface area contributed by atoms with Crippen molar-refractivity contribution in [1.82, 2.24) is 20.4 Å². The Kier molecular flexibility index (Phi) is 6.45. The lowest BCUT2D eigenvalue weighted by molar-refractivity contribution is -0.130. The minimum Gasteiger partial charge on any atom is -0.444 e. The van der Waals surface area contributed by atoms with Gasteiger partial charge in [-0.3, -0.25) is 4.79 Å². The first-order chi connectivity index (χ1) is 10.2. The molecule has 0 aliphatic carbocycles. The third-order valence-electron chi connectivity index (χ3n) is 3.08. The van der Waals surface area contributed by atoms with Crippen LogP contribution in [0.15, 0.2) is 0 Å². The quantitative estimate of drug-likeness (QED) is 0.737. The van der Waals surface area contributed by atoms with Gasteiger partial charge in [-0.2, -0.15) is 0 Å². The molecule has 22 heavy (non-hydrogen) atoms. The smallest absolute Gasteiger partial charge is 0.407 e. The van der Waals surface area contributed by atoms with Gasteiger partial charge in [-0.15, -0.1) is 0 Å². The second-order valence-corrected chi connectivity index (χ2v) is 6.15. The second-order valence-electron chi connectivity index (χ2n) is 6.15. The summed E-state index contributed by atoms with van der Waals surface area (Å²) in [5, 5.41) is 5.30. The SMILES string of the molecule is CC(=O)N1CCN(C(=O)NCCNC(=O)OC(C)(C)C)CC1. The van der Waals surface area contributed by atoms with Crippen LogP contribution in [0.4, 0.5) is 9.59 Å². The van der Waals surface area contributed by atoms with Crippen LogP contribution >= 0.6 is 0 Å². The molecule has 1 fully saturated rings. The molecule has 0 bridgehead atoms. The van der Waals surface area contributed by atoms with Gasteiger partial charge in [0.25, 0.3) is 0 Å². The Labute approximate surface area is 131 Å². The fourth-order valence-electron chi connectivity index (χ4n) is 1.98. The van der Waals surface area contributed by atoms with Crippen LogP contribution in [-0.2, 0) is 9.53 Å². The van der Waals surface area contributed by atoms with E-state index < -0.39 is 11.7 Å². The number of urea groups is 1. The third-order valence-corrected chi connectivity index (χ3v) is 3.08. The molecule has 1 aliphatic heterocycles. The van der Waals surface area contributed by atoms with Crippen molar-refractivity contribution in [2.75, 3.05) is 39.3 Å². The van der Waals surface area contributed by atoms with E-state index in [4.69, 9.17) is 4.74 Å². The number of nitrogens with zero attached hydrogens (tertiary/aromatic N) is 2. The van der Waals surface area contributed by atoms with E-state index in [0.717, 1.165) is 0 Å². The number of carbonyl (C=O) groups is 3. The zero-order chi connectivity index (χ0) is 16.8. The minimum absolute atomic E-state index is 0.0293. The van der Waals surface area contributed by atoms with Crippen molar-refractivity contribution < 1.29 is 19.1 Å².